The van der Waals surface area contributed by atoms with Gasteiger partial charge in [0.1, 0.15) is 0 Å². The van der Waals surface area contributed by atoms with E-state index in [9.17, 15) is 0 Å². The number of hydrogen-bond acceptors (Lipinski definition) is 3. The van der Waals surface area contributed by atoms with Gasteiger partial charge in [0.05, 0.1) is 6.20 Å². The zero-order valence-corrected chi connectivity index (χ0v) is 18.3. The maximum Gasteiger partial charge on any atom is 0.191 e. The predicted octanol–water partition coefficient (Wildman–Crippen LogP) is 3.55. The Morgan fingerprint density at radius 3 is 2.68 bits per heavy atom. The first-order valence-electron chi connectivity index (χ1n) is 8.32. The van der Waals surface area contributed by atoms with Crippen LogP contribution in [0.4, 0.5) is 0 Å². The molecule has 0 saturated carbocycles. The molecule has 25 heavy (non-hydrogen) atoms. The molecule has 2 N–H and O–H groups in total. The second-order valence-electron chi connectivity index (χ2n) is 5.76. The molecule has 0 radical (unpaired) electrons. The lowest BCUT2D eigenvalue weighted by atomic mass is 10.4. The van der Waals surface area contributed by atoms with Crippen molar-refractivity contribution in [2.24, 2.45) is 4.99 Å². The van der Waals surface area contributed by atoms with E-state index in [4.69, 9.17) is 0 Å². The van der Waals surface area contributed by atoms with Crippen LogP contribution in [-0.2, 0) is 6.54 Å². The number of guanidine groups is 1. The van der Waals surface area contributed by atoms with Crippen LogP contribution in [0.5, 0.6) is 0 Å². The molecule has 0 aliphatic carbocycles. The Labute approximate surface area is 172 Å². The number of rotatable bonds is 8. The Morgan fingerprint density at radius 2 is 2.04 bits per heavy atom. The van der Waals surface area contributed by atoms with Crippen molar-refractivity contribution in [1.29, 1.82) is 0 Å². The molecule has 1 unspecified atom stereocenters. The number of nitrogens with zero attached hydrogens (tertiary/aromatic N) is 3. The van der Waals surface area contributed by atoms with Crippen LogP contribution < -0.4 is 10.6 Å². The Morgan fingerprint density at radius 1 is 1.28 bits per heavy atom. The van der Waals surface area contributed by atoms with Crippen molar-refractivity contribution in [3.05, 3.63) is 48.3 Å². The van der Waals surface area contributed by atoms with Crippen LogP contribution in [0.15, 0.2) is 52.6 Å². The molecule has 1 aromatic carbocycles. The van der Waals surface area contributed by atoms with Gasteiger partial charge in [0.15, 0.2) is 5.96 Å². The Bertz CT molecular complexity index is 629. The summed E-state index contributed by atoms with van der Waals surface area (Å²) in [5.41, 5.74) is 1.20. The third-order valence-corrected chi connectivity index (χ3v) is 4.59. The average molecular weight is 473 g/mol. The Kier molecular flexibility index (Phi) is 10.6. The molecule has 2 rings (SSSR count). The summed E-state index contributed by atoms with van der Waals surface area (Å²) in [6.45, 7) is 6.94. The van der Waals surface area contributed by atoms with E-state index >= 15 is 0 Å². The summed E-state index contributed by atoms with van der Waals surface area (Å²) in [6, 6.07) is 10.5. The highest BCUT2D eigenvalue weighted by atomic mass is 127. The summed E-state index contributed by atoms with van der Waals surface area (Å²) in [5.74, 6) is 0.854. The first-order valence-corrected chi connectivity index (χ1v) is 9.20. The molecule has 0 saturated heterocycles. The van der Waals surface area contributed by atoms with Crippen molar-refractivity contribution in [2.75, 3.05) is 20.1 Å². The molecule has 0 amide bonds. The topological polar surface area (TPSA) is 54.2 Å². The lowest BCUT2D eigenvalue weighted by Gasteiger charge is -2.16. The molecule has 0 aliphatic rings. The minimum absolute atomic E-state index is 0. The number of thioether (sulfide) groups is 1. The molecule has 2 aromatic rings. The van der Waals surface area contributed by atoms with Gasteiger partial charge >= 0.3 is 0 Å². The van der Waals surface area contributed by atoms with E-state index < -0.39 is 0 Å². The van der Waals surface area contributed by atoms with Crippen LogP contribution in [0.1, 0.15) is 18.9 Å². The van der Waals surface area contributed by atoms with Crippen LogP contribution in [0, 0.1) is 6.92 Å². The van der Waals surface area contributed by atoms with Crippen molar-refractivity contribution < 1.29 is 0 Å². The van der Waals surface area contributed by atoms with E-state index in [1.54, 1.807) is 7.05 Å². The highest BCUT2D eigenvalue weighted by Crippen LogP contribution is 2.21. The van der Waals surface area contributed by atoms with Crippen LogP contribution in [0.25, 0.3) is 0 Å². The largest absolute Gasteiger partial charge is 0.356 e. The monoisotopic (exact) mass is 473 g/mol. The van der Waals surface area contributed by atoms with Gasteiger partial charge in [-0.1, -0.05) is 25.1 Å². The van der Waals surface area contributed by atoms with E-state index in [0.29, 0.717) is 5.25 Å². The Hall–Kier alpha value is -1.22. The molecular formula is C18H28IN5S. The standard InChI is InChI=1S/C18H27N5S.HI/c1-15-12-22-23(14-15)11-7-10-20-18(19-3)21-13-16(2)24-17-8-5-4-6-9-17;/h4-6,8-9,12,14,16H,7,10-11,13H2,1-3H3,(H2,19,20,21);1H. The second-order valence-corrected chi connectivity index (χ2v) is 7.27. The van der Waals surface area contributed by atoms with Crippen LogP contribution >= 0.6 is 35.7 Å². The van der Waals surface area contributed by atoms with Gasteiger partial charge in [-0.3, -0.25) is 9.67 Å². The molecule has 0 fully saturated rings. The van der Waals surface area contributed by atoms with Crippen LogP contribution in [0.3, 0.4) is 0 Å². The second kappa shape index (κ2) is 12.2. The fourth-order valence-corrected chi connectivity index (χ4v) is 3.22. The number of hydrogen-bond donors (Lipinski definition) is 2. The molecule has 1 aromatic heterocycles. The Balaban J connectivity index is 0.00000312. The number of nitrogens with one attached hydrogen (secondary N) is 2. The van der Waals surface area contributed by atoms with Gasteiger partial charge in [-0.15, -0.1) is 35.7 Å². The van der Waals surface area contributed by atoms with Gasteiger partial charge in [0, 0.05) is 43.0 Å². The maximum absolute atomic E-state index is 4.29. The third kappa shape index (κ3) is 8.62. The summed E-state index contributed by atoms with van der Waals surface area (Å²) < 4.78 is 1.98. The molecule has 0 bridgehead atoms. The van der Waals surface area contributed by atoms with Crippen molar-refractivity contribution in [3.8, 4) is 0 Å². The summed E-state index contributed by atoms with van der Waals surface area (Å²) in [5, 5.41) is 11.5. The van der Waals surface area contributed by atoms with Crippen molar-refractivity contribution in [2.45, 2.75) is 37.0 Å². The quantitative estimate of drug-likeness (QED) is 0.203. The molecular weight excluding hydrogens is 445 g/mol. The smallest absolute Gasteiger partial charge is 0.191 e. The lowest BCUT2D eigenvalue weighted by molar-refractivity contribution is 0.570. The molecule has 0 aliphatic heterocycles. The van der Waals surface area contributed by atoms with Gasteiger partial charge < -0.3 is 10.6 Å². The van der Waals surface area contributed by atoms with E-state index in [1.165, 1.54) is 10.5 Å². The maximum atomic E-state index is 4.29. The van der Waals surface area contributed by atoms with E-state index in [-0.39, 0.29) is 24.0 Å². The average Bonchev–Trinajstić information content (AvgIpc) is 3.00. The highest BCUT2D eigenvalue weighted by molar-refractivity contribution is 14.0. The van der Waals surface area contributed by atoms with Gasteiger partial charge in [-0.2, -0.15) is 5.10 Å². The molecule has 1 heterocycles. The summed E-state index contributed by atoms with van der Waals surface area (Å²) in [7, 11) is 1.81. The van der Waals surface area contributed by atoms with Crippen LogP contribution in [0.2, 0.25) is 0 Å². The number of halogens is 1. The minimum atomic E-state index is 0. The van der Waals surface area contributed by atoms with E-state index in [1.807, 2.05) is 28.7 Å². The predicted molar refractivity (Wildman–Crippen MR) is 118 cm³/mol. The first-order chi connectivity index (χ1) is 11.7. The highest BCUT2D eigenvalue weighted by Gasteiger charge is 2.05. The van der Waals surface area contributed by atoms with Crippen molar-refractivity contribution in [3.63, 3.8) is 0 Å². The molecule has 7 heteroatoms. The molecule has 1 atom stereocenters. The number of benzene rings is 1. The van der Waals surface area contributed by atoms with Crippen molar-refractivity contribution >= 4 is 41.7 Å². The zero-order valence-electron chi connectivity index (χ0n) is 15.1. The molecule has 0 spiro atoms. The van der Waals surface area contributed by atoms with Gasteiger partial charge in [0.2, 0.25) is 0 Å². The van der Waals surface area contributed by atoms with Crippen LogP contribution in [-0.4, -0.2) is 41.1 Å². The summed E-state index contributed by atoms with van der Waals surface area (Å²) in [4.78, 5) is 5.57. The number of aromatic nitrogens is 2. The normalized spacial score (nSPS) is 12.4. The van der Waals surface area contributed by atoms with E-state index in [0.717, 1.165) is 32.0 Å². The van der Waals surface area contributed by atoms with Gasteiger partial charge in [-0.05, 0) is 31.0 Å². The number of aliphatic imine (C=N–C) groups is 1. The van der Waals surface area contributed by atoms with Gasteiger partial charge in [0.25, 0.3) is 0 Å². The van der Waals surface area contributed by atoms with Gasteiger partial charge in [-0.25, -0.2) is 0 Å². The van der Waals surface area contributed by atoms with E-state index in [2.05, 4.69) is 65.0 Å². The minimum Gasteiger partial charge on any atom is -0.356 e. The fourth-order valence-electron chi connectivity index (χ4n) is 2.27. The fraction of sp³-hybridized carbons (Fsp3) is 0.444. The SMILES string of the molecule is CN=C(NCCCn1cc(C)cn1)NCC(C)Sc1ccccc1.I. The summed E-state index contributed by atoms with van der Waals surface area (Å²) in [6.07, 6.45) is 4.96. The molecule has 5 nitrogen and oxygen atoms in total. The zero-order chi connectivity index (χ0) is 17.2. The summed E-state index contributed by atoms with van der Waals surface area (Å²) >= 11 is 1.87. The van der Waals surface area contributed by atoms with Crippen molar-refractivity contribution in [1.82, 2.24) is 20.4 Å². The molecule has 138 valence electrons. The lowest BCUT2D eigenvalue weighted by Crippen LogP contribution is -2.40. The first kappa shape index (κ1) is 21.8. The third-order valence-electron chi connectivity index (χ3n) is 3.48. The number of aryl methyl sites for hydroxylation is 2.